The van der Waals surface area contributed by atoms with Gasteiger partial charge in [0.25, 0.3) is 13.9 Å². The van der Waals surface area contributed by atoms with Crippen molar-refractivity contribution >= 4 is 45.3 Å². The van der Waals surface area contributed by atoms with Crippen molar-refractivity contribution in [2.75, 3.05) is 6.61 Å². The second kappa shape index (κ2) is 12.1. The van der Waals surface area contributed by atoms with E-state index in [2.05, 4.69) is 69.5 Å². The first kappa shape index (κ1) is 31.2. The number of carbonyl (C=O) groups is 1. The van der Waals surface area contributed by atoms with Crippen molar-refractivity contribution < 1.29 is 23.2 Å². The van der Waals surface area contributed by atoms with Crippen LogP contribution in [-0.2, 0) is 23.2 Å². The maximum atomic E-state index is 12.6. The normalized spacial score (nSPS) is 22.6. The van der Waals surface area contributed by atoms with Gasteiger partial charge in [-0.05, 0) is 28.8 Å². The molecular formula is C31H38N4O6PSi-. The van der Waals surface area contributed by atoms with Gasteiger partial charge in [0.1, 0.15) is 11.4 Å². The first-order valence-electron chi connectivity index (χ1n) is 14.3. The van der Waals surface area contributed by atoms with Crippen molar-refractivity contribution in [2.24, 2.45) is 0 Å². The average Bonchev–Trinajstić information content (AvgIpc) is 3.52. The van der Waals surface area contributed by atoms with Crippen molar-refractivity contribution in [1.29, 1.82) is 0 Å². The Balaban J connectivity index is 1.63. The molecule has 10 nitrogen and oxygen atoms in total. The van der Waals surface area contributed by atoms with Crippen LogP contribution in [0.3, 0.4) is 0 Å². The van der Waals surface area contributed by atoms with E-state index in [9.17, 15) is 9.59 Å². The molecule has 5 rings (SSSR count). The third-order valence-corrected chi connectivity index (χ3v) is 13.5. The van der Waals surface area contributed by atoms with E-state index in [4.69, 9.17) is 18.4 Å². The maximum absolute atomic E-state index is 12.6. The molecule has 1 aliphatic rings. The smallest absolute Gasteiger partial charge is 0.303 e. The van der Waals surface area contributed by atoms with Crippen molar-refractivity contribution in [1.82, 2.24) is 19.5 Å². The molecule has 0 bridgehead atoms. The molecule has 12 heteroatoms. The number of rotatable bonds is 9. The number of ether oxygens (including phenoxy) is 2. The van der Waals surface area contributed by atoms with Gasteiger partial charge in [-0.3, -0.25) is 14.2 Å². The summed E-state index contributed by atoms with van der Waals surface area (Å²) in [6, 6.07) is 20.7. The Morgan fingerprint density at radius 1 is 1.12 bits per heavy atom. The molecule has 4 aromatic rings. The number of aromatic nitrogens is 4. The summed E-state index contributed by atoms with van der Waals surface area (Å²) in [4.78, 5) is 36.5. The van der Waals surface area contributed by atoms with Gasteiger partial charge < -0.3 is 32.9 Å². The first-order valence-corrected chi connectivity index (χ1v) is 16.6. The number of carbonyl (C=O) groups excluding carboxylic acids is 1. The number of H-pyrrole nitrogens is 1. The molecule has 2 aromatic carbocycles. The van der Waals surface area contributed by atoms with Gasteiger partial charge >= 0.3 is 5.97 Å². The molecule has 0 amide bonds. The molecule has 0 spiro atoms. The molecular weight excluding hydrogens is 583 g/mol. The van der Waals surface area contributed by atoms with Crippen LogP contribution in [0.2, 0.25) is 5.04 Å². The highest BCUT2D eigenvalue weighted by molar-refractivity contribution is 7.09. The fourth-order valence-electron chi connectivity index (χ4n) is 6.24. The standard InChI is InChI=1S/C31H38N4O6PSi/c1-7-31(18-38-43(30(4,5)6,22-14-10-8-11-15-22)23-16-12-9-13-17-23)26(41-42)25(39-21(3)36)29(40-31)35-19-32-24-27(35)33-20(2)34-28(24)37/h8-17,19,25-26,29,42H,7,18H2,1-6H3,(H,33,34,37)/q-1/t25-,26-,29+,31-/m0/s1. The molecule has 0 aliphatic carbocycles. The number of esters is 1. The minimum absolute atomic E-state index is 0.139. The Kier molecular flexibility index (Phi) is 8.75. The van der Waals surface area contributed by atoms with Gasteiger partial charge in [0.05, 0.1) is 19.0 Å². The zero-order valence-electron chi connectivity index (χ0n) is 25.3. The summed E-state index contributed by atoms with van der Waals surface area (Å²) >= 11 is 0. The zero-order valence-corrected chi connectivity index (χ0v) is 27.3. The molecule has 43 heavy (non-hydrogen) atoms. The van der Waals surface area contributed by atoms with Gasteiger partial charge in [0, 0.05) is 6.92 Å². The Morgan fingerprint density at radius 2 is 1.72 bits per heavy atom. The number of aryl methyl sites for hydroxylation is 1. The molecule has 4 atom stereocenters. The van der Waals surface area contributed by atoms with Crippen molar-refractivity contribution in [3.63, 3.8) is 0 Å². The lowest BCUT2D eigenvalue weighted by atomic mass is 9.93. The summed E-state index contributed by atoms with van der Waals surface area (Å²) in [6.07, 6.45) is -0.633. The molecule has 1 fully saturated rings. The summed E-state index contributed by atoms with van der Waals surface area (Å²) < 4.78 is 27.5. The number of hydrogen-bond acceptors (Lipinski definition) is 8. The van der Waals surface area contributed by atoms with E-state index in [1.165, 1.54) is 13.3 Å². The molecule has 2 aromatic heterocycles. The molecule has 1 N–H and O–H groups in total. The molecule has 0 saturated carbocycles. The lowest BCUT2D eigenvalue weighted by molar-refractivity contribution is -0.155. The monoisotopic (exact) mass is 621 g/mol. The van der Waals surface area contributed by atoms with Crippen LogP contribution in [0.1, 0.15) is 53.1 Å². The van der Waals surface area contributed by atoms with E-state index < -0.39 is 38.3 Å². The molecule has 1 aliphatic heterocycles. The number of nitrogens with zero attached hydrogens (tertiary/aromatic N) is 3. The predicted molar refractivity (Wildman–Crippen MR) is 168 cm³/mol. The Morgan fingerprint density at radius 3 is 2.23 bits per heavy atom. The number of hydrogen-bond donors (Lipinski definition) is 1. The lowest BCUT2D eigenvalue weighted by Gasteiger charge is -2.46. The number of nitrogens with one attached hydrogen (secondary N) is 1. The van der Waals surface area contributed by atoms with E-state index in [0.29, 0.717) is 17.9 Å². The Labute approximate surface area is 254 Å². The van der Waals surface area contributed by atoms with Gasteiger partial charge in [-0.25, -0.2) is 9.97 Å². The van der Waals surface area contributed by atoms with Crippen LogP contribution in [0.25, 0.3) is 11.2 Å². The maximum Gasteiger partial charge on any atom is 0.303 e. The van der Waals surface area contributed by atoms with Gasteiger partial charge in [-0.1, -0.05) is 88.4 Å². The van der Waals surface area contributed by atoms with Crippen LogP contribution >= 0.6 is 9.47 Å². The quantitative estimate of drug-likeness (QED) is 0.169. The highest BCUT2D eigenvalue weighted by atomic mass is 31.0. The van der Waals surface area contributed by atoms with Gasteiger partial charge in [0.2, 0.25) is 0 Å². The summed E-state index contributed by atoms with van der Waals surface area (Å²) in [7, 11) is 0.327. The summed E-state index contributed by atoms with van der Waals surface area (Å²) in [5, 5.41) is 1.98. The van der Waals surface area contributed by atoms with E-state index in [1.807, 2.05) is 43.3 Å². The minimum atomic E-state index is -2.96. The largest absolute Gasteiger partial charge is 0.554 e. The minimum Gasteiger partial charge on any atom is -0.554 e. The van der Waals surface area contributed by atoms with Crippen LogP contribution in [0, 0.1) is 6.92 Å². The van der Waals surface area contributed by atoms with Crippen molar-refractivity contribution in [2.45, 2.75) is 77.0 Å². The third-order valence-electron chi connectivity index (χ3n) is 8.26. The lowest BCUT2D eigenvalue weighted by Crippen LogP contribution is -2.68. The second-order valence-electron chi connectivity index (χ2n) is 12.0. The highest BCUT2D eigenvalue weighted by Crippen LogP contribution is 2.46. The second-order valence-corrected chi connectivity index (χ2v) is 16.5. The van der Waals surface area contributed by atoms with Crippen molar-refractivity contribution in [3.05, 3.63) is 83.2 Å². The van der Waals surface area contributed by atoms with E-state index in [0.717, 1.165) is 10.4 Å². The Bertz CT molecular complexity index is 1600. The van der Waals surface area contributed by atoms with E-state index in [1.54, 1.807) is 11.5 Å². The summed E-state index contributed by atoms with van der Waals surface area (Å²) in [5.41, 5.74) is -0.958. The highest BCUT2D eigenvalue weighted by Gasteiger charge is 2.59. The van der Waals surface area contributed by atoms with Gasteiger partial charge in [-0.15, -0.1) is 0 Å². The van der Waals surface area contributed by atoms with Crippen LogP contribution in [0.5, 0.6) is 0 Å². The third kappa shape index (κ3) is 5.49. The topological polar surface area (TPSA) is 118 Å². The van der Waals surface area contributed by atoms with Crippen LogP contribution in [-0.4, -0.2) is 58.2 Å². The van der Waals surface area contributed by atoms with Gasteiger partial charge in [-0.2, -0.15) is 0 Å². The Hall–Kier alpha value is -3.21. The SMILES string of the molecule is CC[C@@]1(CO[Si](c2ccccc2)(c2ccccc2)C(C)(C)C)O[C@@H](n2cnc3c(=O)[nH]c(C)nc32)[C@@H](OC(C)=O)[C@@H]1O[PH-]. The van der Waals surface area contributed by atoms with Crippen LogP contribution < -0.4 is 15.9 Å². The summed E-state index contributed by atoms with van der Waals surface area (Å²) in [5.74, 6) is -0.0792. The molecule has 1 saturated heterocycles. The van der Waals surface area contributed by atoms with Gasteiger partial charge in [0.15, 0.2) is 23.5 Å². The van der Waals surface area contributed by atoms with Crippen LogP contribution in [0.4, 0.5) is 0 Å². The fraction of sp³-hybridized carbons (Fsp3) is 0.419. The first-order chi connectivity index (χ1) is 20.5. The zero-order chi connectivity index (χ0) is 31.0. The molecule has 0 unspecified atom stereocenters. The summed E-state index contributed by atoms with van der Waals surface area (Å²) in [6.45, 7) is 11.8. The molecule has 3 heterocycles. The fourth-order valence-corrected chi connectivity index (χ4v) is 11.2. The average molecular weight is 622 g/mol. The number of imidazole rings is 1. The van der Waals surface area contributed by atoms with Crippen LogP contribution in [0.15, 0.2) is 71.8 Å². The molecule has 0 radical (unpaired) electrons. The number of fused-ring (bicyclic) bond motifs is 1. The van der Waals surface area contributed by atoms with E-state index in [-0.39, 0.29) is 22.7 Å². The predicted octanol–water partition coefficient (Wildman–Crippen LogP) is 4.06. The van der Waals surface area contributed by atoms with E-state index >= 15 is 0 Å². The number of benzene rings is 2. The molecule has 228 valence electrons. The van der Waals surface area contributed by atoms with Crippen molar-refractivity contribution in [3.8, 4) is 0 Å². The number of aromatic amines is 1.